The number of rotatable bonds is 1. The fraction of sp³-hybridized carbons (Fsp3) is 0. The van der Waals surface area contributed by atoms with Gasteiger partial charge in [-0.1, -0.05) is 29.2 Å². The van der Waals surface area contributed by atoms with E-state index in [1.165, 1.54) is 6.21 Å². The van der Waals surface area contributed by atoms with Gasteiger partial charge in [-0.25, -0.2) is 4.99 Å². The Bertz CT molecular complexity index is 490. The Balaban J connectivity index is 2.02. The molecule has 1 aromatic heterocycles. The molecule has 0 fully saturated rings. The summed E-state index contributed by atoms with van der Waals surface area (Å²) in [5, 5.41) is 13.0. The Kier molecular flexibility index (Phi) is 2.83. The number of nitrogens with one attached hydrogen (secondary N) is 1. The van der Waals surface area contributed by atoms with E-state index in [0.29, 0.717) is 0 Å². The molecule has 1 N–H and O–H groups in total. The third-order valence-corrected chi connectivity index (χ3v) is 1.57. The lowest BCUT2D eigenvalue weighted by Crippen LogP contribution is -1.73. The largest absolute Gasteiger partial charge is 0.289 e. The molecule has 0 saturated carbocycles. The van der Waals surface area contributed by atoms with Gasteiger partial charge < -0.3 is 0 Å². The van der Waals surface area contributed by atoms with Crippen molar-refractivity contribution in [1.82, 2.24) is 20.6 Å². The number of tetrazole rings is 1. The Hall–Kier alpha value is -2.48. The Morgan fingerprint density at radius 3 is 2.87 bits per heavy atom. The summed E-state index contributed by atoms with van der Waals surface area (Å²) in [6, 6.07) is 9.66. The summed E-state index contributed by atoms with van der Waals surface area (Å²) in [5.41, 5.74) is 0.942. The van der Waals surface area contributed by atoms with Crippen LogP contribution in [-0.2, 0) is 0 Å². The van der Waals surface area contributed by atoms with Crippen LogP contribution in [0.15, 0.2) is 35.3 Å². The number of hydrogen-bond acceptors (Lipinski definition) is 4. The summed E-state index contributed by atoms with van der Waals surface area (Å²) >= 11 is 0. The van der Waals surface area contributed by atoms with Crippen molar-refractivity contribution >= 4 is 12.2 Å². The number of hydrogen-bond donors (Lipinski definition) is 1. The van der Waals surface area contributed by atoms with Crippen LogP contribution in [0.25, 0.3) is 0 Å². The van der Waals surface area contributed by atoms with Crippen molar-refractivity contribution < 1.29 is 0 Å². The van der Waals surface area contributed by atoms with Crippen LogP contribution < -0.4 is 0 Å². The highest BCUT2D eigenvalue weighted by Crippen LogP contribution is 1.95. The normalized spacial score (nSPS) is 9.87. The first-order chi connectivity index (χ1) is 7.45. The van der Waals surface area contributed by atoms with Crippen LogP contribution in [0.5, 0.6) is 0 Å². The Morgan fingerprint density at radius 2 is 2.13 bits per heavy atom. The molecule has 0 saturated heterocycles. The van der Waals surface area contributed by atoms with Crippen molar-refractivity contribution in [3.63, 3.8) is 0 Å². The molecule has 15 heavy (non-hydrogen) atoms. The zero-order valence-corrected chi connectivity index (χ0v) is 7.75. The van der Waals surface area contributed by atoms with E-state index in [2.05, 4.69) is 37.5 Å². The zero-order chi connectivity index (χ0) is 10.3. The molecule has 0 unspecified atom stereocenters. The number of H-pyrrole nitrogens is 1. The minimum Gasteiger partial charge on any atom is -0.208 e. The second-order valence-corrected chi connectivity index (χ2v) is 2.61. The minimum atomic E-state index is 0.275. The predicted octanol–water partition coefficient (Wildman–Crippen LogP) is 0.954. The lowest BCUT2D eigenvalue weighted by molar-refractivity contribution is 0.881. The molecule has 5 nitrogen and oxygen atoms in total. The first kappa shape index (κ1) is 9.09. The molecule has 1 heterocycles. The van der Waals surface area contributed by atoms with Gasteiger partial charge in [0, 0.05) is 5.56 Å². The molecule has 1 aromatic carbocycles. The number of nitrogens with zero attached hydrogens (tertiary/aromatic N) is 4. The molecule has 5 heteroatoms. The molecule has 0 spiro atoms. The molecule has 2 aromatic rings. The van der Waals surface area contributed by atoms with Gasteiger partial charge >= 0.3 is 0 Å². The number of aliphatic imine (C=N–C) groups is 1. The monoisotopic (exact) mass is 197 g/mol. The van der Waals surface area contributed by atoms with Gasteiger partial charge in [-0.3, -0.25) is 0 Å². The lowest BCUT2D eigenvalue weighted by Gasteiger charge is -1.84. The van der Waals surface area contributed by atoms with Gasteiger partial charge in [0.05, 0.1) is 6.21 Å². The van der Waals surface area contributed by atoms with E-state index in [9.17, 15) is 0 Å². The first-order valence-corrected chi connectivity index (χ1v) is 4.28. The molecule has 0 aliphatic heterocycles. The van der Waals surface area contributed by atoms with E-state index in [-0.39, 0.29) is 5.95 Å². The second kappa shape index (κ2) is 4.67. The summed E-state index contributed by atoms with van der Waals surface area (Å²) in [4.78, 5) is 3.87. The topological polar surface area (TPSA) is 66.8 Å². The molecule has 0 atom stereocenters. The maximum Gasteiger partial charge on any atom is 0.289 e. The minimum absolute atomic E-state index is 0.275. The summed E-state index contributed by atoms with van der Waals surface area (Å²) in [6.45, 7) is 0. The van der Waals surface area contributed by atoms with Gasteiger partial charge in [-0.15, -0.1) is 5.10 Å². The average molecular weight is 197 g/mol. The fourth-order valence-corrected chi connectivity index (χ4v) is 0.938. The molecular formula is C10H7N5. The van der Waals surface area contributed by atoms with Gasteiger partial charge in [0.2, 0.25) is 0 Å². The lowest BCUT2D eigenvalue weighted by atomic mass is 10.2. The smallest absolute Gasteiger partial charge is 0.208 e. The number of benzene rings is 1. The maximum absolute atomic E-state index is 3.87. The van der Waals surface area contributed by atoms with Gasteiger partial charge in [-0.05, 0) is 23.3 Å². The Labute approximate surface area is 86.3 Å². The van der Waals surface area contributed by atoms with Crippen LogP contribution in [0.2, 0.25) is 0 Å². The highest BCUT2D eigenvalue weighted by Gasteiger charge is 1.87. The van der Waals surface area contributed by atoms with Crippen molar-refractivity contribution in [3.05, 3.63) is 35.9 Å². The quantitative estimate of drug-likeness (QED) is 0.546. The van der Waals surface area contributed by atoms with Gasteiger partial charge in [0.15, 0.2) is 0 Å². The summed E-state index contributed by atoms with van der Waals surface area (Å²) in [6.07, 6.45) is 1.44. The standard InChI is InChI=1S/C10H7N5/c1-2-5-9(6-3-1)7-4-8-11-10-12-14-15-13-10/h1-3,5-6,8H,(H,12,13,14,15). The molecule has 0 bridgehead atoms. The van der Waals surface area contributed by atoms with E-state index in [0.717, 1.165) is 5.56 Å². The molecular weight excluding hydrogens is 190 g/mol. The van der Waals surface area contributed by atoms with E-state index in [1.54, 1.807) is 0 Å². The van der Waals surface area contributed by atoms with Crippen molar-refractivity contribution in [3.8, 4) is 11.8 Å². The van der Waals surface area contributed by atoms with E-state index in [4.69, 9.17) is 0 Å². The number of aromatic nitrogens is 4. The highest BCUT2D eigenvalue weighted by molar-refractivity contribution is 5.80. The van der Waals surface area contributed by atoms with Crippen LogP contribution in [-0.4, -0.2) is 26.8 Å². The molecule has 0 radical (unpaired) electrons. The third-order valence-electron chi connectivity index (χ3n) is 1.57. The predicted molar refractivity (Wildman–Crippen MR) is 55.6 cm³/mol. The summed E-state index contributed by atoms with van der Waals surface area (Å²) in [5.74, 6) is 5.97. The molecule has 0 amide bonds. The SMILES string of the molecule is C(#Cc1ccccc1)C=Nc1nn[nH]n1. The molecule has 0 aliphatic carbocycles. The van der Waals surface area contributed by atoms with Gasteiger partial charge in [0.25, 0.3) is 5.95 Å². The third kappa shape index (κ3) is 2.74. The molecule has 0 aliphatic rings. The summed E-state index contributed by atoms with van der Waals surface area (Å²) < 4.78 is 0. The van der Waals surface area contributed by atoms with E-state index >= 15 is 0 Å². The summed E-state index contributed by atoms with van der Waals surface area (Å²) in [7, 11) is 0. The van der Waals surface area contributed by atoms with E-state index < -0.39 is 0 Å². The highest BCUT2D eigenvalue weighted by atomic mass is 15.5. The van der Waals surface area contributed by atoms with Gasteiger partial charge in [0.1, 0.15) is 0 Å². The number of aromatic amines is 1. The molecule has 2 rings (SSSR count). The average Bonchev–Trinajstić information content (AvgIpc) is 2.79. The van der Waals surface area contributed by atoms with Crippen LogP contribution in [0.1, 0.15) is 5.56 Å². The van der Waals surface area contributed by atoms with Crippen LogP contribution in [0.4, 0.5) is 5.95 Å². The van der Waals surface area contributed by atoms with Crippen LogP contribution in [0, 0.1) is 11.8 Å². The van der Waals surface area contributed by atoms with Crippen molar-refractivity contribution in [2.75, 3.05) is 0 Å². The van der Waals surface area contributed by atoms with Crippen LogP contribution in [0.3, 0.4) is 0 Å². The second-order valence-electron chi connectivity index (χ2n) is 2.61. The van der Waals surface area contributed by atoms with Crippen molar-refractivity contribution in [2.24, 2.45) is 4.99 Å². The fourth-order valence-electron chi connectivity index (χ4n) is 0.938. The van der Waals surface area contributed by atoms with Crippen molar-refractivity contribution in [1.29, 1.82) is 0 Å². The van der Waals surface area contributed by atoms with Crippen molar-refractivity contribution in [2.45, 2.75) is 0 Å². The Morgan fingerprint density at radius 1 is 1.27 bits per heavy atom. The molecule has 72 valence electrons. The van der Waals surface area contributed by atoms with Crippen LogP contribution >= 0.6 is 0 Å². The first-order valence-electron chi connectivity index (χ1n) is 4.28. The van der Waals surface area contributed by atoms with E-state index in [1.807, 2.05) is 30.3 Å². The zero-order valence-electron chi connectivity index (χ0n) is 7.75. The van der Waals surface area contributed by atoms with Gasteiger partial charge in [-0.2, -0.15) is 5.21 Å². The maximum atomic E-state index is 3.87.